The van der Waals surface area contributed by atoms with E-state index in [9.17, 15) is 14.0 Å². The lowest BCUT2D eigenvalue weighted by Crippen LogP contribution is -2.31. The van der Waals surface area contributed by atoms with Gasteiger partial charge in [-0.2, -0.15) is 0 Å². The van der Waals surface area contributed by atoms with Gasteiger partial charge in [-0.1, -0.05) is 44.2 Å². The number of halogens is 1. The van der Waals surface area contributed by atoms with E-state index in [1.807, 2.05) is 39.0 Å². The van der Waals surface area contributed by atoms with Gasteiger partial charge in [-0.05, 0) is 43.0 Å². The molecule has 5 heteroatoms. The number of aryl methyl sites for hydroxylation is 1. The van der Waals surface area contributed by atoms with E-state index in [2.05, 4.69) is 5.32 Å². The average Bonchev–Trinajstić information content (AvgIpc) is 2.56. The van der Waals surface area contributed by atoms with Crippen LogP contribution in [0, 0.1) is 12.7 Å². The molecule has 2 aromatic carbocycles. The zero-order chi connectivity index (χ0) is 18.6. The summed E-state index contributed by atoms with van der Waals surface area (Å²) >= 11 is 0. The summed E-state index contributed by atoms with van der Waals surface area (Å²) in [6, 6.07) is 11.3. The molecule has 0 radical (unpaired) electrons. The molecule has 0 aliphatic carbocycles. The minimum Gasteiger partial charge on any atom is -0.449 e. The van der Waals surface area contributed by atoms with Gasteiger partial charge in [-0.3, -0.25) is 4.79 Å². The number of amides is 1. The molecule has 1 atom stereocenters. The van der Waals surface area contributed by atoms with Crippen LogP contribution in [-0.2, 0) is 9.53 Å². The van der Waals surface area contributed by atoms with Gasteiger partial charge in [-0.15, -0.1) is 0 Å². The summed E-state index contributed by atoms with van der Waals surface area (Å²) in [5.74, 6) is -1.77. The maximum absolute atomic E-state index is 13.6. The van der Waals surface area contributed by atoms with Crippen LogP contribution >= 0.6 is 0 Å². The lowest BCUT2D eigenvalue weighted by molar-refractivity contribution is -0.123. The van der Waals surface area contributed by atoms with Crippen molar-refractivity contribution in [1.82, 2.24) is 0 Å². The predicted molar refractivity (Wildman–Crippen MR) is 95.2 cm³/mol. The first kappa shape index (κ1) is 18.6. The van der Waals surface area contributed by atoms with E-state index in [0.717, 1.165) is 16.8 Å². The Kier molecular flexibility index (Phi) is 5.91. The molecule has 0 fully saturated rings. The van der Waals surface area contributed by atoms with E-state index < -0.39 is 23.8 Å². The number of rotatable bonds is 5. The van der Waals surface area contributed by atoms with Crippen LogP contribution in [0.4, 0.5) is 10.1 Å². The van der Waals surface area contributed by atoms with Gasteiger partial charge < -0.3 is 10.1 Å². The third-order valence-corrected chi connectivity index (χ3v) is 3.92. The first-order chi connectivity index (χ1) is 11.8. The third-order valence-electron chi connectivity index (χ3n) is 3.92. The summed E-state index contributed by atoms with van der Waals surface area (Å²) in [5.41, 5.74) is 2.45. The first-order valence-corrected chi connectivity index (χ1v) is 8.17. The smallest absolute Gasteiger partial charge is 0.341 e. The number of benzene rings is 2. The van der Waals surface area contributed by atoms with Gasteiger partial charge in [0, 0.05) is 5.69 Å². The van der Waals surface area contributed by atoms with Crippen molar-refractivity contribution in [3.8, 4) is 0 Å². The molecule has 0 aliphatic heterocycles. The van der Waals surface area contributed by atoms with Crippen LogP contribution < -0.4 is 5.32 Å². The fourth-order valence-corrected chi connectivity index (χ4v) is 2.47. The number of para-hydroxylation sites is 1. The SMILES string of the molecule is Cc1cccc(C(C)C)c1NC(=O)[C@H](C)OC(=O)c1ccccc1F. The predicted octanol–water partition coefficient (Wildman–Crippen LogP) is 4.44. The highest BCUT2D eigenvalue weighted by molar-refractivity contribution is 5.98. The zero-order valence-electron chi connectivity index (χ0n) is 14.8. The van der Waals surface area contributed by atoms with Gasteiger partial charge in [0.1, 0.15) is 5.82 Å². The van der Waals surface area contributed by atoms with Crippen molar-refractivity contribution in [2.75, 3.05) is 5.32 Å². The van der Waals surface area contributed by atoms with Crippen molar-refractivity contribution in [2.24, 2.45) is 0 Å². The second kappa shape index (κ2) is 7.92. The van der Waals surface area contributed by atoms with Gasteiger partial charge >= 0.3 is 5.97 Å². The Morgan fingerprint density at radius 1 is 1.04 bits per heavy atom. The molecule has 0 spiro atoms. The molecule has 0 saturated heterocycles. The molecule has 1 N–H and O–H groups in total. The fraction of sp³-hybridized carbons (Fsp3) is 0.300. The second-order valence-electron chi connectivity index (χ2n) is 6.21. The number of hydrogen-bond donors (Lipinski definition) is 1. The number of carbonyl (C=O) groups excluding carboxylic acids is 2. The Labute approximate surface area is 147 Å². The summed E-state index contributed by atoms with van der Waals surface area (Å²) < 4.78 is 18.7. The lowest BCUT2D eigenvalue weighted by atomic mass is 9.98. The Hall–Kier alpha value is -2.69. The third kappa shape index (κ3) is 4.44. The van der Waals surface area contributed by atoms with Gasteiger partial charge in [0.15, 0.2) is 6.10 Å². The molecule has 0 aromatic heterocycles. The van der Waals surface area contributed by atoms with Crippen LogP contribution in [0.3, 0.4) is 0 Å². The highest BCUT2D eigenvalue weighted by atomic mass is 19.1. The van der Waals surface area contributed by atoms with Crippen molar-refractivity contribution in [3.63, 3.8) is 0 Å². The summed E-state index contributed by atoms with van der Waals surface area (Å²) in [4.78, 5) is 24.4. The summed E-state index contributed by atoms with van der Waals surface area (Å²) in [5, 5.41) is 2.82. The molecule has 0 heterocycles. The molecule has 2 rings (SSSR count). The maximum Gasteiger partial charge on any atom is 0.341 e. The van der Waals surface area contributed by atoms with E-state index in [1.54, 1.807) is 0 Å². The van der Waals surface area contributed by atoms with E-state index in [-0.39, 0.29) is 11.5 Å². The Morgan fingerprint density at radius 2 is 1.72 bits per heavy atom. The van der Waals surface area contributed by atoms with Crippen LogP contribution in [-0.4, -0.2) is 18.0 Å². The average molecular weight is 343 g/mol. The zero-order valence-corrected chi connectivity index (χ0v) is 14.8. The first-order valence-electron chi connectivity index (χ1n) is 8.17. The van der Waals surface area contributed by atoms with Crippen LogP contribution in [0.1, 0.15) is 48.2 Å². The van der Waals surface area contributed by atoms with Crippen molar-refractivity contribution < 1.29 is 18.7 Å². The Balaban J connectivity index is 2.12. The molecule has 0 bridgehead atoms. The van der Waals surface area contributed by atoms with E-state index in [1.165, 1.54) is 31.2 Å². The van der Waals surface area contributed by atoms with Crippen LogP contribution in [0.25, 0.3) is 0 Å². The number of esters is 1. The fourth-order valence-electron chi connectivity index (χ4n) is 2.47. The largest absolute Gasteiger partial charge is 0.449 e. The van der Waals surface area contributed by atoms with Gasteiger partial charge in [0.05, 0.1) is 5.56 Å². The number of nitrogens with one attached hydrogen (secondary N) is 1. The topological polar surface area (TPSA) is 55.4 Å². The van der Waals surface area contributed by atoms with Crippen molar-refractivity contribution in [2.45, 2.75) is 39.7 Å². The van der Waals surface area contributed by atoms with E-state index >= 15 is 0 Å². The highest BCUT2D eigenvalue weighted by Crippen LogP contribution is 2.27. The molecule has 0 saturated carbocycles. The summed E-state index contributed by atoms with van der Waals surface area (Å²) in [6.07, 6.45) is -1.05. The molecule has 0 aliphatic rings. The maximum atomic E-state index is 13.6. The van der Waals surface area contributed by atoms with Crippen molar-refractivity contribution in [3.05, 3.63) is 65.0 Å². The Morgan fingerprint density at radius 3 is 2.36 bits per heavy atom. The Bertz CT molecular complexity index is 786. The minimum absolute atomic E-state index is 0.194. The molecule has 1 amide bonds. The van der Waals surface area contributed by atoms with Gasteiger partial charge in [-0.25, -0.2) is 9.18 Å². The quantitative estimate of drug-likeness (QED) is 0.817. The highest BCUT2D eigenvalue weighted by Gasteiger charge is 2.22. The number of hydrogen-bond acceptors (Lipinski definition) is 3. The number of carbonyl (C=O) groups is 2. The molecular formula is C20H22FNO3. The van der Waals surface area contributed by atoms with Gasteiger partial charge in [0.2, 0.25) is 0 Å². The van der Waals surface area contributed by atoms with Crippen molar-refractivity contribution >= 4 is 17.6 Å². The van der Waals surface area contributed by atoms with Crippen molar-refractivity contribution in [1.29, 1.82) is 0 Å². The monoisotopic (exact) mass is 343 g/mol. The molecule has 0 unspecified atom stereocenters. The van der Waals surface area contributed by atoms with Gasteiger partial charge in [0.25, 0.3) is 5.91 Å². The standard InChI is InChI=1S/C20H22FNO3/c1-12(2)15-10-7-8-13(3)18(15)22-19(23)14(4)25-20(24)16-9-5-6-11-17(16)21/h5-12,14H,1-4H3,(H,22,23)/t14-/m0/s1. The van der Waals surface area contributed by atoms with Crippen LogP contribution in [0.2, 0.25) is 0 Å². The van der Waals surface area contributed by atoms with E-state index in [0.29, 0.717) is 0 Å². The molecule has 4 nitrogen and oxygen atoms in total. The molecule has 132 valence electrons. The molecule has 25 heavy (non-hydrogen) atoms. The van der Waals surface area contributed by atoms with E-state index in [4.69, 9.17) is 4.74 Å². The summed E-state index contributed by atoms with van der Waals surface area (Å²) in [7, 11) is 0. The van der Waals surface area contributed by atoms with Crippen LogP contribution in [0.15, 0.2) is 42.5 Å². The van der Waals surface area contributed by atoms with Crippen LogP contribution in [0.5, 0.6) is 0 Å². The second-order valence-corrected chi connectivity index (χ2v) is 6.21. The number of ether oxygens (including phenoxy) is 1. The normalized spacial score (nSPS) is 11.9. The number of anilines is 1. The molecular weight excluding hydrogens is 321 g/mol. The lowest BCUT2D eigenvalue weighted by Gasteiger charge is -2.19. The summed E-state index contributed by atoms with van der Waals surface area (Å²) in [6.45, 7) is 7.43. The minimum atomic E-state index is -1.05. The molecule has 2 aromatic rings.